The van der Waals surface area contributed by atoms with Gasteiger partial charge in [-0.1, -0.05) is 36.4 Å². The maximum atomic E-state index is 6.03. The van der Waals surface area contributed by atoms with E-state index in [1.165, 1.54) is 11.1 Å². The summed E-state index contributed by atoms with van der Waals surface area (Å²) in [5.74, 6) is 2.17. The Labute approximate surface area is 172 Å². The second kappa shape index (κ2) is 11.1. The molecule has 0 saturated carbocycles. The summed E-state index contributed by atoms with van der Waals surface area (Å²) >= 11 is 0. The van der Waals surface area contributed by atoms with Gasteiger partial charge in [0.15, 0.2) is 11.5 Å². The van der Waals surface area contributed by atoms with E-state index in [1.54, 1.807) is 6.20 Å². The third-order valence-corrected chi connectivity index (χ3v) is 4.45. The van der Waals surface area contributed by atoms with Crippen LogP contribution in [0.1, 0.15) is 23.6 Å². The van der Waals surface area contributed by atoms with Gasteiger partial charge in [0, 0.05) is 25.4 Å². The fourth-order valence-electron chi connectivity index (χ4n) is 2.87. The van der Waals surface area contributed by atoms with Crippen LogP contribution in [0.25, 0.3) is 0 Å². The van der Waals surface area contributed by atoms with E-state index in [2.05, 4.69) is 35.4 Å². The van der Waals surface area contributed by atoms with Crippen molar-refractivity contribution < 1.29 is 14.2 Å². The summed E-state index contributed by atoms with van der Waals surface area (Å²) < 4.78 is 17.4. The van der Waals surface area contributed by atoms with E-state index in [1.807, 2.05) is 49.4 Å². The number of aryl methyl sites for hydroxylation is 1. The zero-order valence-corrected chi connectivity index (χ0v) is 17.1. The molecule has 5 nitrogen and oxygen atoms in total. The Hall–Kier alpha value is -3.05. The summed E-state index contributed by atoms with van der Waals surface area (Å²) in [4.78, 5) is 4.14. The van der Waals surface area contributed by atoms with Crippen LogP contribution in [0.2, 0.25) is 0 Å². The van der Waals surface area contributed by atoms with E-state index in [4.69, 9.17) is 14.2 Å². The molecule has 0 spiro atoms. The number of hydrogen-bond donors (Lipinski definition) is 1. The Morgan fingerprint density at radius 1 is 0.897 bits per heavy atom. The van der Waals surface area contributed by atoms with Crippen LogP contribution in [0, 0.1) is 6.92 Å². The molecule has 0 aliphatic heterocycles. The van der Waals surface area contributed by atoms with Crippen LogP contribution in [-0.2, 0) is 13.2 Å². The van der Waals surface area contributed by atoms with Crippen molar-refractivity contribution in [2.45, 2.75) is 27.0 Å². The van der Waals surface area contributed by atoms with E-state index >= 15 is 0 Å². The second-order valence-electron chi connectivity index (χ2n) is 6.62. The van der Waals surface area contributed by atoms with Gasteiger partial charge in [-0.3, -0.25) is 0 Å². The highest BCUT2D eigenvalue weighted by atomic mass is 16.5. The SMILES string of the molecule is CCOc1cc(CNCCOc2ccccn2)ccc1OCc1ccccc1C. The average Bonchev–Trinajstić information content (AvgIpc) is 2.75. The van der Waals surface area contributed by atoms with Crippen LogP contribution in [0.4, 0.5) is 0 Å². The molecule has 3 aromatic rings. The molecule has 1 aromatic heterocycles. The fourth-order valence-corrected chi connectivity index (χ4v) is 2.87. The molecule has 0 saturated heterocycles. The largest absolute Gasteiger partial charge is 0.490 e. The van der Waals surface area contributed by atoms with Crippen molar-refractivity contribution in [1.29, 1.82) is 0 Å². The van der Waals surface area contributed by atoms with Gasteiger partial charge in [0.05, 0.1) is 6.61 Å². The lowest BCUT2D eigenvalue weighted by Gasteiger charge is -2.15. The molecule has 152 valence electrons. The van der Waals surface area contributed by atoms with E-state index < -0.39 is 0 Å². The molecule has 1 N–H and O–H groups in total. The van der Waals surface area contributed by atoms with Crippen LogP contribution < -0.4 is 19.5 Å². The number of rotatable bonds is 11. The molecular formula is C24H28N2O3. The number of ether oxygens (including phenoxy) is 3. The molecule has 0 aliphatic rings. The Kier molecular flexibility index (Phi) is 7.90. The molecule has 0 fully saturated rings. The first-order valence-electron chi connectivity index (χ1n) is 9.94. The molecule has 1 heterocycles. The maximum Gasteiger partial charge on any atom is 0.213 e. The molecule has 3 rings (SSSR count). The lowest BCUT2D eigenvalue weighted by Crippen LogP contribution is -2.20. The minimum Gasteiger partial charge on any atom is -0.490 e. The van der Waals surface area contributed by atoms with E-state index in [-0.39, 0.29) is 0 Å². The summed E-state index contributed by atoms with van der Waals surface area (Å²) in [6.45, 7) is 7.20. The van der Waals surface area contributed by atoms with Crippen molar-refractivity contribution in [2.75, 3.05) is 19.8 Å². The number of pyridine rings is 1. The number of nitrogens with one attached hydrogen (secondary N) is 1. The van der Waals surface area contributed by atoms with Gasteiger partial charge in [-0.05, 0) is 48.7 Å². The Morgan fingerprint density at radius 3 is 2.55 bits per heavy atom. The molecule has 0 bridgehead atoms. The lowest BCUT2D eigenvalue weighted by molar-refractivity contribution is 0.268. The van der Waals surface area contributed by atoms with Crippen LogP contribution in [-0.4, -0.2) is 24.7 Å². The van der Waals surface area contributed by atoms with Gasteiger partial charge < -0.3 is 19.5 Å². The zero-order chi connectivity index (χ0) is 20.3. The Bertz CT molecular complexity index is 884. The molecule has 0 aliphatic carbocycles. The van der Waals surface area contributed by atoms with E-state index in [0.717, 1.165) is 30.2 Å². The minimum atomic E-state index is 0.523. The summed E-state index contributed by atoms with van der Waals surface area (Å²) in [5, 5.41) is 3.38. The van der Waals surface area contributed by atoms with Crippen molar-refractivity contribution in [2.24, 2.45) is 0 Å². The normalized spacial score (nSPS) is 10.6. The summed E-state index contributed by atoms with van der Waals surface area (Å²) in [5.41, 5.74) is 3.53. The first-order chi connectivity index (χ1) is 14.3. The highest BCUT2D eigenvalue weighted by Crippen LogP contribution is 2.29. The van der Waals surface area contributed by atoms with Gasteiger partial charge in [0.25, 0.3) is 0 Å². The van der Waals surface area contributed by atoms with Crippen molar-refractivity contribution in [3.63, 3.8) is 0 Å². The lowest BCUT2D eigenvalue weighted by atomic mass is 10.1. The molecule has 29 heavy (non-hydrogen) atoms. The van der Waals surface area contributed by atoms with Gasteiger partial charge in [-0.2, -0.15) is 0 Å². The van der Waals surface area contributed by atoms with Crippen molar-refractivity contribution in [3.05, 3.63) is 83.6 Å². The standard InChI is InChI=1S/C24H28N2O3/c1-3-27-23-16-20(17-25-14-15-28-24-10-6-7-13-26-24)11-12-22(23)29-18-21-9-5-4-8-19(21)2/h4-13,16,25H,3,14-15,17-18H2,1-2H3. The van der Waals surface area contributed by atoms with Gasteiger partial charge in [-0.15, -0.1) is 0 Å². The molecular weight excluding hydrogens is 364 g/mol. The highest BCUT2D eigenvalue weighted by Gasteiger charge is 2.08. The van der Waals surface area contributed by atoms with Gasteiger partial charge in [-0.25, -0.2) is 4.98 Å². The minimum absolute atomic E-state index is 0.523. The Morgan fingerprint density at radius 2 is 1.76 bits per heavy atom. The van der Waals surface area contributed by atoms with Crippen molar-refractivity contribution in [3.8, 4) is 17.4 Å². The van der Waals surface area contributed by atoms with Crippen molar-refractivity contribution >= 4 is 0 Å². The van der Waals surface area contributed by atoms with E-state index in [0.29, 0.717) is 25.7 Å². The molecule has 0 unspecified atom stereocenters. The zero-order valence-electron chi connectivity index (χ0n) is 17.1. The number of benzene rings is 2. The molecule has 5 heteroatoms. The smallest absolute Gasteiger partial charge is 0.213 e. The maximum absolute atomic E-state index is 6.03. The number of aromatic nitrogens is 1. The van der Waals surface area contributed by atoms with Crippen LogP contribution in [0.3, 0.4) is 0 Å². The average molecular weight is 392 g/mol. The summed E-state index contributed by atoms with van der Waals surface area (Å²) in [6, 6.07) is 19.9. The highest BCUT2D eigenvalue weighted by molar-refractivity contribution is 5.43. The fraction of sp³-hybridized carbons (Fsp3) is 0.292. The van der Waals surface area contributed by atoms with Gasteiger partial charge in [0.1, 0.15) is 13.2 Å². The third kappa shape index (κ3) is 6.50. The third-order valence-electron chi connectivity index (χ3n) is 4.45. The predicted molar refractivity (Wildman–Crippen MR) is 115 cm³/mol. The number of hydrogen-bond acceptors (Lipinski definition) is 5. The Balaban J connectivity index is 1.51. The first kappa shape index (κ1) is 20.7. The van der Waals surface area contributed by atoms with E-state index in [9.17, 15) is 0 Å². The molecule has 0 radical (unpaired) electrons. The topological polar surface area (TPSA) is 52.6 Å². The van der Waals surface area contributed by atoms with Gasteiger partial charge >= 0.3 is 0 Å². The second-order valence-corrected chi connectivity index (χ2v) is 6.62. The van der Waals surface area contributed by atoms with Crippen LogP contribution in [0.5, 0.6) is 17.4 Å². The van der Waals surface area contributed by atoms with Gasteiger partial charge in [0.2, 0.25) is 5.88 Å². The quantitative estimate of drug-likeness (QED) is 0.486. The summed E-state index contributed by atoms with van der Waals surface area (Å²) in [7, 11) is 0. The predicted octanol–water partition coefficient (Wildman–Crippen LogP) is 4.54. The molecule has 0 atom stereocenters. The molecule has 2 aromatic carbocycles. The summed E-state index contributed by atoms with van der Waals surface area (Å²) in [6.07, 6.45) is 1.72. The molecule has 0 amide bonds. The van der Waals surface area contributed by atoms with Crippen LogP contribution in [0.15, 0.2) is 66.9 Å². The number of nitrogens with zero attached hydrogens (tertiary/aromatic N) is 1. The monoisotopic (exact) mass is 392 g/mol. The first-order valence-corrected chi connectivity index (χ1v) is 9.94. The van der Waals surface area contributed by atoms with Crippen LogP contribution >= 0.6 is 0 Å². The van der Waals surface area contributed by atoms with Crippen molar-refractivity contribution in [1.82, 2.24) is 10.3 Å².